The first-order chi connectivity index (χ1) is 10.2. The number of benzene rings is 2. The van der Waals surface area contributed by atoms with Crippen LogP contribution in [0.5, 0.6) is 0 Å². The molecule has 2 aromatic carbocycles. The summed E-state index contributed by atoms with van der Waals surface area (Å²) in [6.07, 6.45) is 2.83. The van der Waals surface area contributed by atoms with Crippen LogP contribution in [-0.2, 0) is 6.42 Å². The predicted octanol–water partition coefficient (Wildman–Crippen LogP) is 3.90. The Kier molecular flexibility index (Phi) is 3.76. The van der Waals surface area contributed by atoms with E-state index in [1.807, 2.05) is 18.3 Å². The minimum atomic E-state index is -0.213. The average molecular weight is 282 g/mol. The monoisotopic (exact) mass is 282 g/mol. The smallest absolute Gasteiger partial charge is 0.123 e. The second-order valence-electron chi connectivity index (χ2n) is 5.50. The van der Waals surface area contributed by atoms with Gasteiger partial charge >= 0.3 is 0 Å². The van der Waals surface area contributed by atoms with Crippen molar-refractivity contribution in [2.24, 2.45) is 5.73 Å². The number of nitrogens with two attached hydrogens (primary N) is 1. The minimum absolute atomic E-state index is 0.182. The summed E-state index contributed by atoms with van der Waals surface area (Å²) in [6, 6.07) is 13.2. The largest absolute Gasteiger partial charge is 0.361 e. The standard InChI is InChI=1S/C18H19FN2/c1-12-4-2-3-5-13(12)8-14(10-20)17-11-21-18-7-6-15(19)9-16(17)18/h2-7,9,11,14,21H,8,10,20H2,1H3. The lowest BCUT2D eigenvalue weighted by atomic mass is 9.90. The molecule has 1 aromatic heterocycles. The van der Waals surface area contributed by atoms with Gasteiger partial charge in [-0.3, -0.25) is 0 Å². The summed E-state index contributed by atoms with van der Waals surface area (Å²) in [4.78, 5) is 3.21. The quantitative estimate of drug-likeness (QED) is 0.748. The van der Waals surface area contributed by atoms with E-state index >= 15 is 0 Å². The molecule has 0 aliphatic carbocycles. The molecule has 0 bridgehead atoms. The molecule has 3 N–H and O–H groups in total. The fourth-order valence-corrected chi connectivity index (χ4v) is 2.88. The lowest BCUT2D eigenvalue weighted by Crippen LogP contribution is -2.15. The average Bonchev–Trinajstić information content (AvgIpc) is 2.89. The van der Waals surface area contributed by atoms with Crippen molar-refractivity contribution in [3.8, 4) is 0 Å². The van der Waals surface area contributed by atoms with Crippen molar-refractivity contribution in [3.63, 3.8) is 0 Å². The molecule has 0 spiro atoms. The highest BCUT2D eigenvalue weighted by Crippen LogP contribution is 2.29. The van der Waals surface area contributed by atoms with Gasteiger partial charge in [0, 0.05) is 23.0 Å². The summed E-state index contributed by atoms with van der Waals surface area (Å²) < 4.78 is 13.5. The van der Waals surface area contributed by atoms with E-state index in [1.54, 1.807) is 12.1 Å². The molecule has 0 aliphatic rings. The van der Waals surface area contributed by atoms with Crippen LogP contribution >= 0.6 is 0 Å². The number of fused-ring (bicyclic) bond motifs is 1. The number of rotatable bonds is 4. The Balaban J connectivity index is 1.99. The van der Waals surface area contributed by atoms with Crippen LogP contribution in [-0.4, -0.2) is 11.5 Å². The van der Waals surface area contributed by atoms with E-state index in [2.05, 4.69) is 24.0 Å². The minimum Gasteiger partial charge on any atom is -0.361 e. The number of hydrogen-bond acceptors (Lipinski definition) is 1. The number of hydrogen-bond donors (Lipinski definition) is 2. The van der Waals surface area contributed by atoms with Gasteiger partial charge < -0.3 is 10.7 Å². The van der Waals surface area contributed by atoms with Gasteiger partial charge in [0.1, 0.15) is 5.82 Å². The third-order valence-corrected chi connectivity index (χ3v) is 4.13. The van der Waals surface area contributed by atoms with E-state index in [0.717, 1.165) is 22.9 Å². The van der Waals surface area contributed by atoms with Crippen molar-refractivity contribution in [3.05, 3.63) is 71.2 Å². The van der Waals surface area contributed by atoms with E-state index < -0.39 is 0 Å². The molecular formula is C18H19FN2. The Morgan fingerprint density at radius 3 is 2.76 bits per heavy atom. The molecule has 0 amide bonds. The fraction of sp³-hybridized carbons (Fsp3) is 0.222. The molecule has 3 heteroatoms. The molecular weight excluding hydrogens is 263 g/mol. The first-order valence-electron chi connectivity index (χ1n) is 7.20. The zero-order valence-corrected chi connectivity index (χ0v) is 12.1. The summed E-state index contributed by atoms with van der Waals surface area (Å²) >= 11 is 0. The molecule has 1 atom stereocenters. The van der Waals surface area contributed by atoms with Crippen molar-refractivity contribution in [1.29, 1.82) is 0 Å². The Labute approximate surface area is 123 Å². The first kappa shape index (κ1) is 13.8. The Morgan fingerprint density at radius 1 is 1.19 bits per heavy atom. The summed E-state index contributed by atoms with van der Waals surface area (Å²) in [7, 11) is 0. The van der Waals surface area contributed by atoms with Crippen LogP contribution in [0.2, 0.25) is 0 Å². The topological polar surface area (TPSA) is 41.8 Å². The summed E-state index contributed by atoms with van der Waals surface area (Å²) in [5.41, 5.74) is 10.6. The van der Waals surface area contributed by atoms with E-state index in [0.29, 0.717) is 6.54 Å². The van der Waals surface area contributed by atoms with Crippen molar-refractivity contribution in [2.75, 3.05) is 6.54 Å². The molecule has 21 heavy (non-hydrogen) atoms. The Morgan fingerprint density at radius 2 is 2.00 bits per heavy atom. The van der Waals surface area contributed by atoms with Crippen molar-refractivity contribution >= 4 is 10.9 Å². The van der Waals surface area contributed by atoms with Gasteiger partial charge in [-0.05, 0) is 54.8 Å². The van der Waals surface area contributed by atoms with Gasteiger partial charge in [0.05, 0.1) is 0 Å². The highest BCUT2D eigenvalue weighted by molar-refractivity contribution is 5.83. The van der Waals surface area contributed by atoms with E-state index in [4.69, 9.17) is 5.73 Å². The summed E-state index contributed by atoms with van der Waals surface area (Å²) in [6.45, 7) is 2.65. The van der Waals surface area contributed by atoms with Crippen LogP contribution in [0.4, 0.5) is 4.39 Å². The molecule has 3 aromatic rings. The van der Waals surface area contributed by atoms with E-state index in [-0.39, 0.29) is 11.7 Å². The number of aryl methyl sites for hydroxylation is 1. The highest BCUT2D eigenvalue weighted by atomic mass is 19.1. The van der Waals surface area contributed by atoms with Gasteiger partial charge in [-0.25, -0.2) is 4.39 Å². The zero-order valence-electron chi connectivity index (χ0n) is 12.1. The Bertz CT molecular complexity index is 761. The van der Waals surface area contributed by atoms with Gasteiger partial charge in [-0.15, -0.1) is 0 Å². The van der Waals surface area contributed by atoms with Gasteiger partial charge in [-0.2, -0.15) is 0 Å². The number of aromatic nitrogens is 1. The van der Waals surface area contributed by atoms with Crippen LogP contribution in [0.3, 0.4) is 0 Å². The van der Waals surface area contributed by atoms with Crippen LogP contribution in [0, 0.1) is 12.7 Å². The van der Waals surface area contributed by atoms with Crippen LogP contribution in [0.1, 0.15) is 22.6 Å². The fourth-order valence-electron chi connectivity index (χ4n) is 2.88. The first-order valence-corrected chi connectivity index (χ1v) is 7.20. The second-order valence-corrected chi connectivity index (χ2v) is 5.50. The van der Waals surface area contributed by atoms with Gasteiger partial charge in [0.25, 0.3) is 0 Å². The van der Waals surface area contributed by atoms with E-state index in [9.17, 15) is 4.39 Å². The molecule has 3 rings (SSSR count). The number of H-pyrrole nitrogens is 1. The molecule has 1 heterocycles. The lowest BCUT2D eigenvalue weighted by Gasteiger charge is -2.16. The van der Waals surface area contributed by atoms with Gasteiger partial charge in [0.2, 0.25) is 0 Å². The summed E-state index contributed by atoms with van der Waals surface area (Å²) in [5, 5.41) is 0.930. The summed E-state index contributed by atoms with van der Waals surface area (Å²) in [5.74, 6) is -0.0309. The maximum Gasteiger partial charge on any atom is 0.123 e. The maximum atomic E-state index is 13.5. The number of halogens is 1. The normalized spacial score (nSPS) is 12.7. The lowest BCUT2D eigenvalue weighted by molar-refractivity contribution is 0.629. The highest BCUT2D eigenvalue weighted by Gasteiger charge is 2.16. The third-order valence-electron chi connectivity index (χ3n) is 4.13. The molecule has 0 saturated heterocycles. The second kappa shape index (κ2) is 5.70. The molecule has 0 fully saturated rings. The maximum absolute atomic E-state index is 13.5. The predicted molar refractivity (Wildman–Crippen MR) is 84.9 cm³/mol. The molecule has 2 nitrogen and oxygen atoms in total. The molecule has 108 valence electrons. The van der Waals surface area contributed by atoms with Crippen LogP contribution < -0.4 is 5.73 Å². The SMILES string of the molecule is Cc1ccccc1CC(CN)c1c[nH]c2ccc(F)cc12. The van der Waals surface area contributed by atoms with Gasteiger partial charge in [-0.1, -0.05) is 24.3 Å². The van der Waals surface area contributed by atoms with Crippen molar-refractivity contribution in [1.82, 2.24) is 4.98 Å². The van der Waals surface area contributed by atoms with E-state index in [1.165, 1.54) is 17.2 Å². The third kappa shape index (κ3) is 2.69. The molecule has 0 radical (unpaired) electrons. The Hall–Kier alpha value is -2.13. The van der Waals surface area contributed by atoms with Crippen molar-refractivity contribution < 1.29 is 4.39 Å². The van der Waals surface area contributed by atoms with Gasteiger partial charge in [0.15, 0.2) is 0 Å². The van der Waals surface area contributed by atoms with Crippen LogP contribution in [0.25, 0.3) is 10.9 Å². The zero-order chi connectivity index (χ0) is 14.8. The van der Waals surface area contributed by atoms with Crippen LogP contribution in [0.15, 0.2) is 48.7 Å². The number of aromatic amines is 1. The number of nitrogens with one attached hydrogen (secondary N) is 1. The molecule has 0 aliphatic heterocycles. The molecule has 0 saturated carbocycles. The molecule has 1 unspecified atom stereocenters. The van der Waals surface area contributed by atoms with Crippen molar-refractivity contribution in [2.45, 2.75) is 19.3 Å².